The molecule has 0 atom stereocenters. The van der Waals surface area contributed by atoms with Gasteiger partial charge in [-0.05, 0) is 54.6 Å². The molecule has 134 valence electrons. The molecular formula is C19H19FN4OS. The molecule has 1 saturated heterocycles. The van der Waals surface area contributed by atoms with Crippen molar-refractivity contribution in [1.29, 1.82) is 0 Å². The number of benzene rings is 1. The van der Waals surface area contributed by atoms with Crippen LogP contribution in [0.5, 0.6) is 0 Å². The van der Waals surface area contributed by atoms with Crippen molar-refractivity contribution < 1.29 is 9.18 Å². The van der Waals surface area contributed by atoms with Gasteiger partial charge < -0.3 is 9.80 Å². The lowest BCUT2D eigenvalue weighted by Gasteiger charge is -2.36. The summed E-state index contributed by atoms with van der Waals surface area (Å²) in [5.41, 5.74) is 0. The summed E-state index contributed by atoms with van der Waals surface area (Å²) in [7, 11) is 2.02. The number of halogens is 1. The molecule has 1 aliphatic heterocycles. The van der Waals surface area contributed by atoms with Crippen molar-refractivity contribution in [1.82, 2.24) is 15.1 Å². The van der Waals surface area contributed by atoms with Gasteiger partial charge in [0.25, 0.3) is 5.91 Å². The molecule has 0 spiro atoms. The molecule has 0 saturated carbocycles. The van der Waals surface area contributed by atoms with E-state index in [-0.39, 0.29) is 11.7 Å². The number of rotatable bonds is 3. The van der Waals surface area contributed by atoms with Gasteiger partial charge in [0.05, 0.1) is 4.88 Å². The normalized spacial score (nSPS) is 15.4. The highest BCUT2D eigenvalue weighted by atomic mass is 32.1. The van der Waals surface area contributed by atoms with Crippen LogP contribution >= 0.6 is 11.3 Å². The lowest BCUT2D eigenvalue weighted by Crippen LogP contribution is -2.45. The van der Waals surface area contributed by atoms with E-state index in [0.717, 1.165) is 28.7 Å². The Kier molecular flexibility index (Phi) is 4.55. The maximum atomic E-state index is 13.4. The van der Waals surface area contributed by atoms with E-state index in [4.69, 9.17) is 0 Å². The van der Waals surface area contributed by atoms with Crippen molar-refractivity contribution in [3.63, 3.8) is 0 Å². The number of amides is 1. The molecule has 26 heavy (non-hydrogen) atoms. The van der Waals surface area contributed by atoms with Crippen LogP contribution in [-0.2, 0) is 0 Å². The molecule has 2 aromatic heterocycles. The van der Waals surface area contributed by atoms with Crippen LogP contribution in [0.4, 0.5) is 10.2 Å². The molecule has 1 aromatic carbocycles. The summed E-state index contributed by atoms with van der Waals surface area (Å²) in [5, 5.41) is 8.87. The van der Waals surface area contributed by atoms with E-state index in [2.05, 4.69) is 15.1 Å². The molecule has 0 unspecified atom stereocenters. The third kappa shape index (κ3) is 3.26. The topological polar surface area (TPSA) is 49.3 Å². The maximum Gasteiger partial charge on any atom is 0.263 e. The van der Waals surface area contributed by atoms with Crippen LogP contribution < -0.4 is 4.90 Å². The lowest BCUT2D eigenvalue weighted by molar-refractivity contribution is 0.0718. The van der Waals surface area contributed by atoms with Crippen LogP contribution in [0.25, 0.3) is 10.1 Å². The third-order valence-electron chi connectivity index (χ3n) is 4.91. The molecule has 0 aliphatic carbocycles. The lowest BCUT2D eigenvalue weighted by atomic mass is 10.0. The molecular weight excluding hydrogens is 351 g/mol. The first-order valence-corrected chi connectivity index (χ1v) is 9.42. The van der Waals surface area contributed by atoms with Crippen molar-refractivity contribution in [2.45, 2.75) is 18.9 Å². The Bertz CT molecular complexity index is 922. The van der Waals surface area contributed by atoms with Crippen molar-refractivity contribution in [2.24, 2.45) is 0 Å². The highest BCUT2D eigenvalue weighted by molar-refractivity contribution is 7.20. The molecule has 1 aliphatic rings. The zero-order valence-electron chi connectivity index (χ0n) is 14.4. The molecule has 0 bridgehead atoms. The summed E-state index contributed by atoms with van der Waals surface area (Å²) in [5.74, 6) is 0.609. The minimum absolute atomic E-state index is 0.0345. The molecule has 0 radical (unpaired) electrons. The predicted octanol–water partition coefficient (Wildman–Crippen LogP) is 3.57. The SMILES string of the molecule is CN(c1cccnn1)C1CCN(C(=O)c2cc3cc(F)ccc3s2)CC1. The molecule has 3 heterocycles. The molecule has 7 heteroatoms. The number of hydrogen-bond acceptors (Lipinski definition) is 5. The Hall–Kier alpha value is -2.54. The largest absolute Gasteiger partial charge is 0.355 e. The van der Waals surface area contributed by atoms with Crippen molar-refractivity contribution >= 4 is 33.1 Å². The molecule has 3 aromatic rings. The number of carbonyl (C=O) groups is 1. The minimum Gasteiger partial charge on any atom is -0.355 e. The second kappa shape index (κ2) is 6.99. The number of thiophene rings is 1. The van der Waals surface area contributed by atoms with Gasteiger partial charge in [-0.1, -0.05) is 0 Å². The van der Waals surface area contributed by atoms with Crippen LogP contribution in [0.15, 0.2) is 42.6 Å². The first-order chi connectivity index (χ1) is 12.6. The average Bonchev–Trinajstić information content (AvgIpc) is 3.11. The summed E-state index contributed by atoms with van der Waals surface area (Å²) in [4.78, 5) is 17.5. The Morgan fingerprint density at radius 1 is 1.27 bits per heavy atom. The van der Waals surface area contributed by atoms with Crippen LogP contribution in [0.1, 0.15) is 22.5 Å². The van der Waals surface area contributed by atoms with Gasteiger partial charge >= 0.3 is 0 Å². The third-order valence-corrected chi connectivity index (χ3v) is 6.01. The van der Waals surface area contributed by atoms with E-state index in [1.165, 1.54) is 23.5 Å². The molecule has 5 nitrogen and oxygen atoms in total. The fraction of sp³-hybridized carbons (Fsp3) is 0.316. The summed E-state index contributed by atoms with van der Waals surface area (Å²) >= 11 is 1.43. The summed E-state index contributed by atoms with van der Waals surface area (Å²) in [6, 6.07) is 10.6. The number of hydrogen-bond donors (Lipinski definition) is 0. The van der Waals surface area contributed by atoms with Gasteiger partial charge in [0, 0.05) is 37.1 Å². The van der Waals surface area contributed by atoms with Gasteiger partial charge in [0.15, 0.2) is 5.82 Å². The zero-order valence-corrected chi connectivity index (χ0v) is 15.2. The van der Waals surface area contributed by atoms with E-state index in [1.54, 1.807) is 18.3 Å². The molecule has 1 amide bonds. The highest BCUT2D eigenvalue weighted by Gasteiger charge is 2.27. The minimum atomic E-state index is -0.276. The Morgan fingerprint density at radius 2 is 2.08 bits per heavy atom. The van der Waals surface area contributed by atoms with E-state index in [0.29, 0.717) is 24.0 Å². The highest BCUT2D eigenvalue weighted by Crippen LogP contribution is 2.28. The van der Waals surface area contributed by atoms with Crippen LogP contribution in [0.2, 0.25) is 0 Å². The van der Waals surface area contributed by atoms with Gasteiger partial charge in [-0.2, -0.15) is 5.10 Å². The summed E-state index contributed by atoms with van der Waals surface area (Å²) in [6.07, 6.45) is 3.44. The first-order valence-electron chi connectivity index (χ1n) is 8.61. The Labute approximate surface area is 155 Å². The number of carbonyl (C=O) groups excluding carboxylic acids is 1. The Balaban J connectivity index is 1.43. The molecule has 1 fully saturated rings. The van der Waals surface area contributed by atoms with E-state index in [1.807, 2.05) is 24.1 Å². The fourth-order valence-corrected chi connectivity index (χ4v) is 4.41. The van der Waals surface area contributed by atoms with Crippen molar-refractivity contribution in [2.75, 3.05) is 25.0 Å². The van der Waals surface area contributed by atoms with Gasteiger partial charge in [-0.15, -0.1) is 16.4 Å². The predicted molar refractivity (Wildman–Crippen MR) is 101 cm³/mol. The number of fused-ring (bicyclic) bond motifs is 1. The number of likely N-dealkylation sites (tertiary alicyclic amines) is 1. The summed E-state index contributed by atoms with van der Waals surface area (Å²) < 4.78 is 14.3. The van der Waals surface area contributed by atoms with Crippen LogP contribution in [0, 0.1) is 5.82 Å². The first kappa shape index (κ1) is 16.9. The van der Waals surface area contributed by atoms with Gasteiger partial charge in [-0.3, -0.25) is 4.79 Å². The number of piperidine rings is 1. The average molecular weight is 370 g/mol. The van der Waals surface area contributed by atoms with E-state index >= 15 is 0 Å². The second-order valence-electron chi connectivity index (χ2n) is 6.51. The van der Waals surface area contributed by atoms with Gasteiger partial charge in [0.1, 0.15) is 5.82 Å². The Morgan fingerprint density at radius 3 is 2.81 bits per heavy atom. The second-order valence-corrected chi connectivity index (χ2v) is 7.59. The maximum absolute atomic E-state index is 13.4. The number of nitrogens with zero attached hydrogens (tertiary/aromatic N) is 4. The number of anilines is 1. The van der Waals surface area contributed by atoms with Crippen LogP contribution in [0.3, 0.4) is 0 Å². The van der Waals surface area contributed by atoms with Gasteiger partial charge in [-0.25, -0.2) is 4.39 Å². The monoisotopic (exact) mass is 370 g/mol. The fourth-order valence-electron chi connectivity index (χ4n) is 3.40. The molecule has 0 N–H and O–H groups in total. The molecule has 4 rings (SSSR count). The van der Waals surface area contributed by atoms with E-state index in [9.17, 15) is 9.18 Å². The standard InChI is InChI=1S/C19H19FN4OS/c1-23(18-3-2-8-21-22-18)15-6-9-24(10-7-15)19(25)17-12-13-11-14(20)4-5-16(13)26-17/h2-5,8,11-12,15H,6-7,9-10H2,1H3. The van der Waals surface area contributed by atoms with Crippen molar-refractivity contribution in [3.05, 3.63) is 53.3 Å². The van der Waals surface area contributed by atoms with Gasteiger partial charge in [0.2, 0.25) is 0 Å². The number of aromatic nitrogens is 2. The van der Waals surface area contributed by atoms with E-state index < -0.39 is 0 Å². The smallest absolute Gasteiger partial charge is 0.263 e. The van der Waals surface area contributed by atoms with Crippen LogP contribution in [-0.4, -0.2) is 47.2 Å². The quantitative estimate of drug-likeness (QED) is 0.707. The van der Waals surface area contributed by atoms with Crippen molar-refractivity contribution in [3.8, 4) is 0 Å². The summed E-state index contributed by atoms with van der Waals surface area (Å²) in [6.45, 7) is 1.41. The zero-order chi connectivity index (χ0) is 18.1.